The van der Waals surface area contributed by atoms with Gasteiger partial charge in [-0.3, -0.25) is 0 Å². The molecule has 1 heterocycles. The second kappa shape index (κ2) is 5.94. The van der Waals surface area contributed by atoms with E-state index in [0.717, 1.165) is 16.3 Å². The van der Waals surface area contributed by atoms with Crippen molar-refractivity contribution in [3.63, 3.8) is 0 Å². The third-order valence-corrected chi connectivity index (χ3v) is 5.17. The van der Waals surface area contributed by atoms with Gasteiger partial charge in [0, 0.05) is 11.4 Å². The number of sulfonamides is 1. The Morgan fingerprint density at radius 1 is 1.09 bits per heavy atom. The van der Waals surface area contributed by atoms with E-state index in [1.54, 1.807) is 24.7 Å². The Hall–Kier alpha value is -2.11. The first-order valence-corrected chi connectivity index (χ1v) is 8.56. The number of hydrogen-bond donors (Lipinski definition) is 1. The zero-order chi connectivity index (χ0) is 15.6. The van der Waals surface area contributed by atoms with E-state index >= 15 is 0 Å². The van der Waals surface area contributed by atoms with E-state index in [2.05, 4.69) is 4.72 Å². The van der Waals surface area contributed by atoms with Gasteiger partial charge in [-0.2, -0.15) is 0 Å². The smallest absolute Gasteiger partial charge is 0.241 e. The van der Waals surface area contributed by atoms with Crippen LogP contribution in [0.1, 0.15) is 12.5 Å². The fourth-order valence-corrected chi connectivity index (χ4v) is 4.04. The Balaban J connectivity index is 1.88. The number of rotatable bonds is 5. The number of hydrogen-bond acceptors (Lipinski definition) is 3. The summed E-state index contributed by atoms with van der Waals surface area (Å²) in [5.41, 5.74) is 0.966. The number of nitrogens with one attached hydrogen (secondary N) is 1. The summed E-state index contributed by atoms with van der Waals surface area (Å²) in [6, 6.07) is 14.4. The van der Waals surface area contributed by atoms with Crippen LogP contribution in [0, 0.1) is 0 Å². The van der Waals surface area contributed by atoms with Crippen molar-refractivity contribution in [1.82, 2.24) is 4.72 Å². The van der Waals surface area contributed by atoms with Crippen LogP contribution in [0.25, 0.3) is 10.8 Å². The maximum atomic E-state index is 12.7. The predicted molar refractivity (Wildman–Crippen MR) is 86.1 cm³/mol. The SMILES string of the molecule is C[C@@H](Cc1ccoc1)NS(=O)(=O)c1cccc2ccccc12. The van der Waals surface area contributed by atoms with Crippen molar-refractivity contribution in [3.05, 3.63) is 66.6 Å². The number of benzene rings is 2. The Bertz CT molecular complexity index is 865. The molecule has 0 aliphatic heterocycles. The van der Waals surface area contributed by atoms with Gasteiger partial charge in [0.05, 0.1) is 17.4 Å². The lowest BCUT2D eigenvalue weighted by molar-refractivity contribution is 0.549. The molecule has 0 unspecified atom stereocenters. The van der Waals surface area contributed by atoms with E-state index in [0.29, 0.717) is 11.3 Å². The second-order valence-electron chi connectivity index (χ2n) is 5.34. The molecule has 0 aliphatic rings. The highest BCUT2D eigenvalue weighted by atomic mass is 32.2. The van der Waals surface area contributed by atoms with Gasteiger partial charge in [0.25, 0.3) is 0 Å². The van der Waals surface area contributed by atoms with Crippen LogP contribution in [0.3, 0.4) is 0 Å². The van der Waals surface area contributed by atoms with Crippen LogP contribution < -0.4 is 4.72 Å². The monoisotopic (exact) mass is 315 g/mol. The molecular weight excluding hydrogens is 298 g/mol. The highest BCUT2D eigenvalue weighted by Gasteiger charge is 2.20. The molecule has 3 rings (SSSR count). The highest BCUT2D eigenvalue weighted by molar-refractivity contribution is 7.89. The first-order valence-electron chi connectivity index (χ1n) is 7.07. The number of furan rings is 1. The van der Waals surface area contributed by atoms with Crippen LogP contribution in [0.5, 0.6) is 0 Å². The van der Waals surface area contributed by atoms with Gasteiger partial charge in [-0.05, 0) is 36.4 Å². The minimum atomic E-state index is -3.57. The Morgan fingerprint density at radius 3 is 2.64 bits per heavy atom. The summed E-state index contributed by atoms with van der Waals surface area (Å²) in [7, 11) is -3.57. The molecule has 0 amide bonds. The maximum Gasteiger partial charge on any atom is 0.241 e. The summed E-state index contributed by atoms with van der Waals surface area (Å²) in [4.78, 5) is 0.310. The van der Waals surface area contributed by atoms with Crippen LogP contribution >= 0.6 is 0 Å². The summed E-state index contributed by atoms with van der Waals surface area (Å²) in [6.07, 6.45) is 3.80. The number of fused-ring (bicyclic) bond motifs is 1. The molecule has 4 nitrogen and oxygen atoms in total. The van der Waals surface area contributed by atoms with Crippen molar-refractivity contribution in [3.8, 4) is 0 Å². The molecule has 114 valence electrons. The first kappa shape index (κ1) is 14.8. The minimum Gasteiger partial charge on any atom is -0.472 e. The molecule has 22 heavy (non-hydrogen) atoms. The lowest BCUT2D eigenvalue weighted by Crippen LogP contribution is -2.34. The summed E-state index contributed by atoms with van der Waals surface area (Å²) in [6.45, 7) is 1.84. The molecule has 1 aromatic heterocycles. The van der Waals surface area contributed by atoms with Crippen LogP contribution in [-0.4, -0.2) is 14.5 Å². The molecule has 0 radical (unpaired) electrons. The van der Waals surface area contributed by atoms with Crippen LogP contribution in [-0.2, 0) is 16.4 Å². The summed E-state index contributed by atoms with van der Waals surface area (Å²) in [5.74, 6) is 0. The van der Waals surface area contributed by atoms with Crippen molar-refractivity contribution < 1.29 is 12.8 Å². The van der Waals surface area contributed by atoms with Gasteiger partial charge in [-0.25, -0.2) is 13.1 Å². The van der Waals surface area contributed by atoms with Crippen LogP contribution in [0.4, 0.5) is 0 Å². The Morgan fingerprint density at radius 2 is 1.86 bits per heavy atom. The molecule has 3 aromatic rings. The lowest BCUT2D eigenvalue weighted by Gasteiger charge is -2.14. The highest BCUT2D eigenvalue weighted by Crippen LogP contribution is 2.23. The zero-order valence-corrected chi connectivity index (χ0v) is 13.0. The fraction of sp³-hybridized carbons (Fsp3) is 0.176. The first-order chi connectivity index (χ1) is 10.6. The molecule has 2 aromatic carbocycles. The lowest BCUT2D eigenvalue weighted by atomic mass is 10.1. The second-order valence-corrected chi connectivity index (χ2v) is 7.02. The molecule has 1 atom stereocenters. The molecule has 1 N–H and O–H groups in total. The average molecular weight is 315 g/mol. The zero-order valence-electron chi connectivity index (χ0n) is 12.2. The molecule has 0 saturated heterocycles. The molecule has 5 heteroatoms. The van der Waals surface area contributed by atoms with E-state index in [1.807, 2.05) is 43.3 Å². The standard InChI is InChI=1S/C17H17NO3S/c1-13(11-14-9-10-21-12-14)18-22(19,20)17-8-4-6-15-5-2-3-7-16(15)17/h2-10,12-13,18H,11H2,1H3/t13-/m0/s1. The van der Waals surface area contributed by atoms with Crippen molar-refractivity contribution in [2.45, 2.75) is 24.3 Å². The van der Waals surface area contributed by atoms with Gasteiger partial charge >= 0.3 is 0 Å². The third-order valence-electron chi connectivity index (χ3n) is 3.52. The van der Waals surface area contributed by atoms with E-state index in [4.69, 9.17) is 4.42 Å². The van der Waals surface area contributed by atoms with Crippen molar-refractivity contribution in [1.29, 1.82) is 0 Å². The normalized spacial score (nSPS) is 13.3. The van der Waals surface area contributed by atoms with E-state index in [1.165, 1.54) is 0 Å². The van der Waals surface area contributed by atoms with Gasteiger partial charge < -0.3 is 4.42 Å². The summed E-state index contributed by atoms with van der Waals surface area (Å²) < 4.78 is 33.0. The van der Waals surface area contributed by atoms with E-state index in [-0.39, 0.29) is 6.04 Å². The van der Waals surface area contributed by atoms with Gasteiger partial charge in [0.2, 0.25) is 10.0 Å². The fourth-order valence-electron chi connectivity index (χ4n) is 2.56. The van der Waals surface area contributed by atoms with E-state index in [9.17, 15) is 8.42 Å². The van der Waals surface area contributed by atoms with Gasteiger partial charge in [0.1, 0.15) is 0 Å². The molecule has 0 spiro atoms. The van der Waals surface area contributed by atoms with Crippen molar-refractivity contribution >= 4 is 20.8 Å². The molecule has 0 aliphatic carbocycles. The molecule has 0 fully saturated rings. The van der Waals surface area contributed by atoms with Crippen molar-refractivity contribution in [2.24, 2.45) is 0 Å². The van der Waals surface area contributed by atoms with Gasteiger partial charge in [-0.15, -0.1) is 0 Å². The quantitative estimate of drug-likeness (QED) is 0.785. The summed E-state index contributed by atoms with van der Waals surface area (Å²) >= 11 is 0. The maximum absolute atomic E-state index is 12.7. The molecule has 0 saturated carbocycles. The third kappa shape index (κ3) is 3.05. The average Bonchev–Trinajstić information content (AvgIpc) is 2.98. The topological polar surface area (TPSA) is 59.3 Å². The predicted octanol–water partition coefficient (Wildman–Crippen LogP) is 3.34. The van der Waals surface area contributed by atoms with Crippen molar-refractivity contribution in [2.75, 3.05) is 0 Å². The Kier molecular flexibility index (Phi) is 4.00. The Labute approximate surface area is 129 Å². The molecule has 0 bridgehead atoms. The minimum absolute atomic E-state index is 0.221. The largest absolute Gasteiger partial charge is 0.472 e. The summed E-state index contributed by atoms with van der Waals surface area (Å²) in [5, 5.41) is 1.64. The van der Waals surface area contributed by atoms with Gasteiger partial charge in [-0.1, -0.05) is 36.4 Å². The van der Waals surface area contributed by atoms with Crippen LogP contribution in [0.15, 0.2) is 70.4 Å². The van der Waals surface area contributed by atoms with Gasteiger partial charge in [0.15, 0.2) is 0 Å². The van der Waals surface area contributed by atoms with E-state index < -0.39 is 10.0 Å². The molecular formula is C17H17NO3S. The van der Waals surface area contributed by atoms with Crippen LogP contribution in [0.2, 0.25) is 0 Å².